The van der Waals surface area contributed by atoms with Crippen molar-refractivity contribution in [1.82, 2.24) is 4.98 Å². The number of aromatic nitrogens is 1. The Kier molecular flexibility index (Phi) is 3.88. The highest BCUT2D eigenvalue weighted by molar-refractivity contribution is 14.1. The molecule has 2 nitrogen and oxygen atoms in total. The minimum Gasteiger partial charge on any atom is -0.360 e. The molecule has 1 heterocycles. The van der Waals surface area contributed by atoms with Gasteiger partial charge in [-0.1, -0.05) is 33.6 Å². The second-order valence-corrected chi connectivity index (χ2v) is 6.86. The van der Waals surface area contributed by atoms with Crippen molar-refractivity contribution in [2.45, 2.75) is 0 Å². The van der Waals surface area contributed by atoms with E-state index in [1.807, 2.05) is 24.3 Å². The van der Waals surface area contributed by atoms with E-state index in [9.17, 15) is 4.79 Å². The molecule has 0 aliphatic heterocycles. The number of ketones is 1. The van der Waals surface area contributed by atoms with Crippen LogP contribution in [-0.4, -0.2) is 10.8 Å². The first-order valence-electron chi connectivity index (χ1n) is 5.82. The molecule has 0 saturated heterocycles. The summed E-state index contributed by atoms with van der Waals surface area (Å²) in [5, 5.41) is 1.48. The average molecular weight is 460 g/mol. The minimum atomic E-state index is -0.0227. The number of nitrogens with one attached hydrogen (secondary N) is 1. The summed E-state index contributed by atoms with van der Waals surface area (Å²) in [6, 6.07) is 11.2. The zero-order chi connectivity index (χ0) is 14.3. The summed E-state index contributed by atoms with van der Waals surface area (Å²) in [5.41, 5.74) is 2.22. The molecule has 3 aromatic rings. The van der Waals surface area contributed by atoms with Crippen LogP contribution in [0.4, 0.5) is 0 Å². The molecular formula is C15H8BrClINO. The van der Waals surface area contributed by atoms with E-state index in [-0.39, 0.29) is 5.78 Å². The van der Waals surface area contributed by atoms with Crippen LogP contribution in [0.1, 0.15) is 15.9 Å². The summed E-state index contributed by atoms with van der Waals surface area (Å²) >= 11 is 11.6. The molecule has 0 aliphatic rings. The van der Waals surface area contributed by atoms with Crippen LogP contribution in [0.3, 0.4) is 0 Å². The van der Waals surface area contributed by atoms with Crippen LogP contribution in [-0.2, 0) is 0 Å². The van der Waals surface area contributed by atoms with Gasteiger partial charge < -0.3 is 4.98 Å². The molecule has 20 heavy (non-hydrogen) atoms. The van der Waals surface area contributed by atoms with Crippen molar-refractivity contribution >= 4 is 66.8 Å². The molecule has 0 atom stereocenters. The number of hydrogen-bond donors (Lipinski definition) is 1. The summed E-state index contributed by atoms with van der Waals surface area (Å²) in [6.07, 6.45) is 1.75. The van der Waals surface area contributed by atoms with Gasteiger partial charge in [-0.2, -0.15) is 0 Å². The Morgan fingerprint density at radius 2 is 1.95 bits per heavy atom. The summed E-state index contributed by atoms with van der Waals surface area (Å²) in [6.45, 7) is 0. The highest BCUT2D eigenvalue weighted by atomic mass is 127. The van der Waals surface area contributed by atoms with Gasteiger partial charge in [-0.05, 0) is 52.9 Å². The fourth-order valence-electron chi connectivity index (χ4n) is 2.10. The smallest absolute Gasteiger partial charge is 0.196 e. The van der Waals surface area contributed by atoms with Gasteiger partial charge >= 0.3 is 0 Å². The van der Waals surface area contributed by atoms with Gasteiger partial charge in [-0.15, -0.1) is 0 Å². The van der Waals surface area contributed by atoms with Crippen LogP contribution in [0.2, 0.25) is 5.02 Å². The fraction of sp³-hybridized carbons (Fsp3) is 0. The first kappa shape index (κ1) is 14.1. The van der Waals surface area contributed by atoms with Gasteiger partial charge in [-0.3, -0.25) is 4.79 Å². The highest BCUT2D eigenvalue weighted by Gasteiger charge is 2.17. The molecule has 0 bridgehead atoms. The van der Waals surface area contributed by atoms with Crippen LogP contribution in [0.15, 0.2) is 47.1 Å². The van der Waals surface area contributed by atoms with Crippen molar-refractivity contribution in [2.24, 2.45) is 0 Å². The molecule has 1 N–H and O–H groups in total. The molecule has 0 unspecified atom stereocenters. The van der Waals surface area contributed by atoms with Gasteiger partial charge in [0.1, 0.15) is 0 Å². The van der Waals surface area contributed by atoms with E-state index in [0.29, 0.717) is 16.1 Å². The van der Waals surface area contributed by atoms with Crippen molar-refractivity contribution in [3.05, 3.63) is 66.8 Å². The van der Waals surface area contributed by atoms with E-state index in [0.717, 1.165) is 18.9 Å². The van der Waals surface area contributed by atoms with Gasteiger partial charge in [-0.25, -0.2) is 0 Å². The Morgan fingerprint density at radius 1 is 1.15 bits per heavy atom. The zero-order valence-electron chi connectivity index (χ0n) is 10.1. The monoisotopic (exact) mass is 459 g/mol. The van der Waals surface area contributed by atoms with E-state index in [2.05, 4.69) is 43.5 Å². The molecule has 0 fully saturated rings. The normalized spacial score (nSPS) is 10.9. The van der Waals surface area contributed by atoms with E-state index < -0.39 is 0 Å². The quantitative estimate of drug-likeness (QED) is 0.402. The summed E-state index contributed by atoms with van der Waals surface area (Å²) in [4.78, 5) is 15.8. The Morgan fingerprint density at radius 3 is 2.75 bits per heavy atom. The van der Waals surface area contributed by atoms with E-state index in [4.69, 9.17) is 11.6 Å². The van der Waals surface area contributed by atoms with Crippen LogP contribution in [0, 0.1) is 3.57 Å². The second-order valence-electron chi connectivity index (χ2n) is 4.35. The van der Waals surface area contributed by atoms with Crippen molar-refractivity contribution in [3.8, 4) is 0 Å². The third kappa shape index (κ3) is 2.52. The molecular weight excluding hydrogens is 452 g/mol. The number of carbonyl (C=O) groups is 1. The van der Waals surface area contributed by atoms with Gasteiger partial charge in [0.2, 0.25) is 0 Å². The van der Waals surface area contributed by atoms with Gasteiger partial charge in [0, 0.05) is 41.3 Å². The fourth-order valence-corrected chi connectivity index (χ4v) is 3.22. The number of H-pyrrole nitrogens is 1. The predicted octanol–water partition coefficient (Wildman–Crippen LogP) is 5.42. The van der Waals surface area contributed by atoms with Crippen LogP contribution in [0.25, 0.3) is 10.9 Å². The van der Waals surface area contributed by atoms with Gasteiger partial charge in [0.15, 0.2) is 5.78 Å². The first-order valence-corrected chi connectivity index (χ1v) is 8.07. The van der Waals surface area contributed by atoms with Crippen LogP contribution < -0.4 is 0 Å². The Bertz CT molecular complexity index is 828. The highest BCUT2D eigenvalue weighted by Crippen LogP contribution is 2.27. The number of halogens is 3. The maximum Gasteiger partial charge on any atom is 0.196 e. The standard InChI is InChI=1S/C15H8BrClINO/c16-8-1-3-10-12(7-19-14(10)5-8)15(20)11-6-9(17)2-4-13(11)18/h1-7,19H. The SMILES string of the molecule is O=C(c1cc(Cl)ccc1I)c1c[nH]c2cc(Br)ccc12. The van der Waals surface area contributed by atoms with Crippen molar-refractivity contribution in [3.63, 3.8) is 0 Å². The second kappa shape index (κ2) is 5.50. The van der Waals surface area contributed by atoms with Gasteiger partial charge in [0.25, 0.3) is 0 Å². The maximum absolute atomic E-state index is 12.7. The maximum atomic E-state index is 12.7. The number of hydrogen-bond acceptors (Lipinski definition) is 1. The summed E-state index contributed by atoms with van der Waals surface area (Å²) in [5.74, 6) is -0.0227. The number of carbonyl (C=O) groups excluding carboxylic acids is 1. The number of fused-ring (bicyclic) bond motifs is 1. The molecule has 0 aliphatic carbocycles. The first-order chi connectivity index (χ1) is 9.56. The minimum absolute atomic E-state index is 0.0227. The molecule has 100 valence electrons. The Balaban J connectivity index is 2.15. The lowest BCUT2D eigenvalue weighted by molar-refractivity contribution is 0.103. The molecule has 1 aromatic heterocycles. The summed E-state index contributed by atoms with van der Waals surface area (Å²) in [7, 11) is 0. The zero-order valence-corrected chi connectivity index (χ0v) is 14.6. The Labute approximate surface area is 142 Å². The molecule has 2 aromatic carbocycles. The van der Waals surface area contributed by atoms with E-state index >= 15 is 0 Å². The van der Waals surface area contributed by atoms with Crippen molar-refractivity contribution in [1.29, 1.82) is 0 Å². The number of benzene rings is 2. The third-order valence-corrected chi connectivity index (χ3v) is 4.73. The van der Waals surface area contributed by atoms with Gasteiger partial charge in [0.05, 0.1) is 0 Å². The average Bonchev–Trinajstić information content (AvgIpc) is 2.83. The largest absolute Gasteiger partial charge is 0.360 e. The lowest BCUT2D eigenvalue weighted by Crippen LogP contribution is -2.03. The van der Waals surface area contributed by atoms with Crippen molar-refractivity contribution < 1.29 is 4.79 Å². The third-order valence-electron chi connectivity index (χ3n) is 3.06. The van der Waals surface area contributed by atoms with E-state index in [1.54, 1.807) is 18.3 Å². The Hall–Kier alpha value is -0.850. The lowest BCUT2D eigenvalue weighted by Gasteiger charge is -2.04. The van der Waals surface area contributed by atoms with Crippen molar-refractivity contribution in [2.75, 3.05) is 0 Å². The molecule has 0 spiro atoms. The lowest BCUT2D eigenvalue weighted by atomic mass is 10.0. The van der Waals surface area contributed by atoms with E-state index in [1.165, 1.54) is 0 Å². The van der Waals surface area contributed by atoms with Crippen LogP contribution in [0.5, 0.6) is 0 Å². The topological polar surface area (TPSA) is 32.9 Å². The molecule has 0 amide bonds. The number of aromatic amines is 1. The number of rotatable bonds is 2. The molecule has 0 radical (unpaired) electrons. The predicted molar refractivity (Wildman–Crippen MR) is 93.6 cm³/mol. The molecule has 5 heteroatoms. The van der Waals surface area contributed by atoms with Crippen LogP contribution >= 0.6 is 50.1 Å². The summed E-state index contributed by atoms with van der Waals surface area (Å²) < 4.78 is 1.87. The molecule has 3 rings (SSSR count). The molecule has 0 saturated carbocycles.